The molecule has 1 amide bonds. The fraction of sp³-hybridized carbons (Fsp3) is 0.611. The van der Waals surface area contributed by atoms with E-state index in [9.17, 15) is 4.79 Å². The molecule has 2 rings (SSSR count). The number of carbonyl (C=O) groups is 1. The topological polar surface area (TPSA) is 50.4 Å². The molecule has 1 saturated carbocycles. The van der Waals surface area contributed by atoms with Crippen LogP contribution in [-0.4, -0.2) is 31.1 Å². The van der Waals surface area contributed by atoms with Crippen molar-refractivity contribution in [3.8, 4) is 0 Å². The number of rotatable bonds is 6. The van der Waals surface area contributed by atoms with Crippen LogP contribution in [0.4, 0.5) is 0 Å². The normalized spacial score (nSPS) is 24.0. The quantitative estimate of drug-likeness (QED) is 0.835. The van der Waals surface area contributed by atoms with Crippen LogP contribution in [0.15, 0.2) is 24.3 Å². The third-order valence-corrected chi connectivity index (χ3v) is 4.79. The lowest BCUT2D eigenvalue weighted by Crippen LogP contribution is -2.45. The Hall–Kier alpha value is -1.10. The smallest absolute Gasteiger partial charge is 0.217 e. The summed E-state index contributed by atoms with van der Waals surface area (Å²) in [6.07, 6.45) is 4.21. The second kappa shape index (κ2) is 8.67. The van der Waals surface area contributed by atoms with Gasteiger partial charge in [0.1, 0.15) is 0 Å². The van der Waals surface area contributed by atoms with Gasteiger partial charge in [0.15, 0.2) is 0 Å². The highest BCUT2D eigenvalue weighted by molar-refractivity contribution is 6.30. The molecule has 1 aliphatic rings. The monoisotopic (exact) mass is 338 g/mol. The van der Waals surface area contributed by atoms with Gasteiger partial charge in [-0.1, -0.05) is 23.7 Å². The number of methoxy groups -OCH3 is 1. The summed E-state index contributed by atoms with van der Waals surface area (Å²) in [5.74, 6) is 0.0666. The first-order valence-electron chi connectivity index (χ1n) is 8.31. The molecule has 2 N–H and O–H groups in total. The average molecular weight is 339 g/mol. The van der Waals surface area contributed by atoms with Gasteiger partial charge in [0, 0.05) is 37.2 Å². The van der Waals surface area contributed by atoms with Gasteiger partial charge in [0.05, 0.1) is 6.10 Å². The Labute approximate surface area is 143 Å². The van der Waals surface area contributed by atoms with Crippen LogP contribution in [0.3, 0.4) is 0 Å². The Morgan fingerprint density at radius 1 is 1.17 bits per heavy atom. The van der Waals surface area contributed by atoms with E-state index in [0.717, 1.165) is 36.3 Å². The van der Waals surface area contributed by atoms with Crippen LogP contribution < -0.4 is 10.6 Å². The first-order valence-corrected chi connectivity index (χ1v) is 8.68. The van der Waals surface area contributed by atoms with E-state index in [0.29, 0.717) is 12.1 Å². The molecule has 0 aromatic heterocycles. The van der Waals surface area contributed by atoms with E-state index in [-0.39, 0.29) is 18.1 Å². The highest BCUT2D eigenvalue weighted by atomic mass is 35.5. The summed E-state index contributed by atoms with van der Waals surface area (Å²) in [6.45, 7) is 3.74. The second-order valence-corrected chi connectivity index (χ2v) is 6.85. The molecule has 0 radical (unpaired) electrons. The van der Waals surface area contributed by atoms with E-state index in [1.165, 1.54) is 0 Å². The molecule has 0 saturated heterocycles. The SMILES string of the molecule is CO[C@@H](c1ccc(Cl)cc1)[C@H](C)NC1CCC(NC(C)=O)CC1. The van der Waals surface area contributed by atoms with Gasteiger partial charge in [-0.05, 0) is 50.3 Å². The third kappa shape index (κ3) is 5.48. The molecule has 2 atom stereocenters. The van der Waals surface area contributed by atoms with Gasteiger partial charge in [-0.2, -0.15) is 0 Å². The second-order valence-electron chi connectivity index (χ2n) is 6.41. The molecule has 0 bridgehead atoms. The Morgan fingerprint density at radius 2 is 1.74 bits per heavy atom. The number of nitrogens with one attached hydrogen (secondary N) is 2. The Bertz CT molecular complexity index is 498. The summed E-state index contributed by atoms with van der Waals surface area (Å²) in [6, 6.07) is 8.84. The molecule has 23 heavy (non-hydrogen) atoms. The first-order chi connectivity index (χ1) is 11.0. The van der Waals surface area contributed by atoms with Gasteiger partial charge in [0.2, 0.25) is 5.91 Å². The molecule has 1 aromatic carbocycles. The number of benzene rings is 1. The van der Waals surface area contributed by atoms with Crippen LogP contribution in [0.2, 0.25) is 5.02 Å². The molecule has 1 fully saturated rings. The van der Waals surface area contributed by atoms with E-state index in [1.54, 1.807) is 14.0 Å². The largest absolute Gasteiger partial charge is 0.375 e. The molecule has 0 unspecified atom stereocenters. The van der Waals surface area contributed by atoms with Crippen LogP contribution in [0.25, 0.3) is 0 Å². The molecule has 5 heteroatoms. The van der Waals surface area contributed by atoms with E-state index in [1.807, 2.05) is 24.3 Å². The van der Waals surface area contributed by atoms with Gasteiger partial charge >= 0.3 is 0 Å². The zero-order valence-corrected chi connectivity index (χ0v) is 14.9. The fourth-order valence-electron chi connectivity index (χ4n) is 3.43. The highest BCUT2D eigenvalue weighted by Crippen LogP contribution is 2.25. The van der Waals surface area contributed by atoms with Crippen molar-refractivity contribution < 1.29 is 9.53 Å². The van der Waals surface area contributed by atoms with Gasteiger partial charge in [0.25, 0.3) is 0 Å². The Balaban J connectivity index is 1.87. The standard InChI is InChI=1S/C18H27ClN2O2/c1-12(18(23-3)14-4-6-15(19)7-5-14)20-16-8-10-17(11-9-16)21-13(2)22/h4-7,12,16-18,20H,8-11H2,1-3H3,(H,21,22)/t12-,16?,17?,18+/m0/s1. The molecule has 0 aliphatic heterocycles. The maximum atomic E-state index is 11.1. The van der Waals surface area contributed by atoms with Crippen molar-refractivity contribution in [1.82, 2.24) is 10.6 Å². The number of halogens is 1. The molecular formula is C18H27ClN2O2. The van der Waals surface area contributed by atoms with Gasteiger partial charge in [-0.3, -0.25) is 4.79 Å². The summed E-state index contributed by atoms with van der Waals surface area (Å²) < 4.78 is 5.69. The zero-order chi connectivity index (χ0) is 16.8. The molecule has 128 valence electrons. The molecule has 1 aliphatic carbocycles. The van der Waals surface area contributed by atoms with Crippen LogP contribution in [0, 0.1) is 0 Å². The third-order valence-electron chi connectivity index (χ3n) is 4.54. The number of hydrogen-bond donors (Lipinski definition) is 2. The first kappa shape index (κ1) is 18.2. The maximum Gasteiger partial charge on any atom is 0.217 e. The summed E-state index contributed by atoms with van der Waals surface area (Å²) >= 11 is 5.96. The fourth-order valence-corrected chi connectivity index (χ4v) is 3.56. The van der Waals surface area contributed by atoms with Gasteiger partial charge in [-0.25, -0.2) is 0 Å². The minimum Gasteiger partial charge on any atom is -0.375 e. The summed E-state index contributed by atoms with van der Waals surface area (Å²) in [5, 5.41) is 7.44. The minimum absolute atomic E-state index is 0.000310. The summed E-state index contributed by atoms with van der Waals surface area (Å²) in [5.41, 5.74) is 1.13. The van der Waals surface area contributed by atoms with Crippen LogP contribution >= 0.6 is 11.6 Å². The van der Waals surface area contributed by atoms with Crippen molar-refractivity contribution in [3.05, 3.63) is 34.9 Å². The predicted molar refractivity (Wildman–Crippen MR) is 93.7 cm³/mol. The van der Waals surface area contributed by atoms with Crippen molar-refractivity contribution in [1.29, 1.82) is 0 Å². The van der Waals surface area contributed by atoms with E-state index in [2.05, 4.69) is 17.6 Å². The lowest BCUT2D eigenvalue weighted by atomic mass is 9.90. The van der Waals surface area contributed by atoms with Crippen LogP contribution in [0.1, 0.15) is 51.2 Å². The summed E-state index contributed by atoms with van der Waals surface area (Å²) in [4.78, 5) is 11.1. The Morgan fingerprint density at radius 3 is 2.26 bits per heavy atom. The van der Waals surface area contributed by atoms with Gasteiger partial charge in [-0.15, -0.1) is 0 Å². The van der Waals surface area contributed by atoms with Crippen LogP contribution in [0.5, 0.6) is 0 Å². The molecular weight excluding hydrogens is 312 g/mol. The van der Waals surface area contributed by atoms with E-state index < -0.39 is 0 Å². The van der Waals surface area contributed by atoms with E-state index in [4.69, 9.17) is 16.3 Å². The van der Waals surface area contributed by atoms with Crippen molar-refractivity contribution in [3.63, 3.8) is 0 Å². The summed E-state index contributed by atoms with van der Waals surface area (Å²) in [7, 11) is 1.74. The number of ether oxygens (including phenoxy) is 1. The average Bonchev–Trinajstić information content (AvgIpc) is 2.51. The van der Waals surface area contributed by atoms with Crippen molar-refractivity contribution in [2.45, 2.75) is 63.8 Å². The number of carbonyl (C=O) groups excluding carboxylic acids is 1. The van der Waals surface area contributed by atoms with Crippen molar-refractivity contribution in [2.24, 2.45) is 0 Å². The van der Waals surface area contributed by atoms with Crippen molar-refractivity contribution >= 4 is 17.5 Å². The highest BCUT2D eigenvalue weighted by Gasteiger charge is 2.26. The maximum absolute atomic E-state index is 11.1. The molecule has 0 spiro atoms. The lowest BCUT2D eigenvalue weighted by molar-refractivity contribution is -0.119. The lowest BCUT2D eigenvalue weighted by Gasteiger charge is -2.33. The molecule has 1 aromatic rings. The van der Waals surface area contributed by atoms with Crippen molar-refractivity contribution in [2.75, 3.05) is 7.11 Å². The van der Waals surface area contributed by atoms with Gasteiger partial charge < -0.3 is 15.4 Å². The Kier molecular flexibility index (Phi) is 6.88. The molecule has 0 heterocycles. The predicted octanol–water partition coefficient (Wildman–Crippen LogP) is 3.45. The van der Waals surface area contributed by atoms with E-state index >= 15 is 0 Å². The van der Waals surface area contributed by atoms with Crippen LogP contribution in [-0.2, 0) is 9.53 Å². The molecule has 4 nitrogen and oxygen atoms in total. The minimum atomic E-state index is 0.000310. The zero-order valence-electron chi connectivity index (χ0n) is 14.1. The number of amides is 1. The number of hydrogen-bond acceptors (Lipinski definition) is 3.